The third kappa shape index (κ3) is 4.65. The number of urea groups is 1. The second kappa shape index (κ2) is 10.4. The highest BCUT2D eigenvalue weighted by Gasteiger charge is 2.64. The number of nitriles is 1. The summed E-state index contributed by atoms with van der Waals surface area (Å²) < 4.78 is 0. The van der Waals surface area contributed by atoms with Crippen LogP contribution >= 0.6 is 23.2 Å². The van der Waals surface area contributed by atoms with E-state index >= 15 is 0 Å². The lowest BCUT2D eigenvalue weighted by atomic mass is 9.80. The Morgan fingerprint density at radius 3 is 2.47 bits per heavy atom. The fourth-order valence-electron chi connectivity index (χ4n) is 5.00. The number of likely N-dealkylation sites (tertiary alicyclic amines) is 1. The van der Waals surface area contributed by atoms with Gasteiger partial charge >= 0.3 is 6.03 Å². The molecule has 0 unspecified atom stereocenters. The molecular formula is C25H26Cl2N6O3. The van der Waals surface area contributed by atoms with Crippen LogP contribution in [-0.2, 0) is 9.59 Å². The second-order valence-electron chi connectivity index (χ2n) is 8.98. The molecule has 2 heterocycles. The van der Waals surface area contributed by atoms with E-state index in [9.17, 15) is 19.6 Å². The van der Waals surface area contributed by atoms with E-state index in [1.54, 1.807) is 31.3 Å². The van der Waals surface area contributed by atoms with E-state index in [1.165, 1.54) is 23.1 Å². The second-order valence-corrected chi connectivity index (χ2v) is 9.86. The number of nitrogens with zero attached hydrogens (tertiary/aromatic N) is 4. The number of likely N-dealkylation sites (N-methyl/N-ethyl adjacent to an activating group) is 1. The summed E-state index contributed by atoms with van der Waals surface area (Å²) in [6.07, 6.45) is 0.663. The van der Waals surface area contributed by atoms with Crippen molar-refractivity contribution in [2.24, 2.45) is 5.73 Å². The van der Waals surface area contributed by atoms with Gasteiger partial charge in [0.1, 0.15) is 5.54 Å². The van der Waals surface area contributed by atoms with Crippen LogP contribution in [-0.4, -0.2) is 73.0 Å². The first kappa shape index (κ1) is 25.9. The normalized spacial score (nSPS) is 21.9. The Morgan fingerprint density at radius 1 is 1.19 bits per heavy atom. The van der Waals surface area contributed by atoms with Crippen LogP contribution in [0.3, 0.4) is 0 Å². The zero-order valence-corrected chi connectivity index (χ0v) is 21.2. The van der Waals surface area contributed by atoms with Crippen LogP contribution in [0.5, 0.6) is 0 Å². The summed E-state index contributed by atoms with van der Waals surface area (Å²) in [4.78, 5) is 44.5. The highest BCUT2D eigenvalue weighted by molar-refractivity contribution is 6.35. The van der Waals surface area contributed by atoms with Crippen LogP contribution in [0.1, 0.15) is 23.5 Å². The number of carbonyl (C=O) groups is 3. The predicted molar refractivity (Wildman–Crippen MR) is 137 cm³/mol. The highest BCUT2D eigenvalue weighted by Crippen LogP contribution is 2.46. The molecule has 1 spiro atoms. The van der Waals surface area contributed by atoms with Gasteiger partial charge in [-0.2, -0.15) is 5.26 Å². The Hall–Kier alpha value is -3.16. The number of benzene rings is 2. The molecule has 2 aliphatic rings. The van der Waals surface area contributed by atoms with Crippen LogP contribution in [0, 0.1) is 11.3 Å². The number of hydrogen-bond acceptors (Lipinski definition) is 6. The van der Waals surface area contributed by atoms with Crippen molar-refractivity contribution >= 4 is 46.7 Å². The van der Waals surface area contributed by atoms with E-state index in [4.69, 9.17) is 28.9 Å². The third-order valence-electron chi connectivity index (χ3n) is 6.75. The summed E-state index contributed by atoms with van der Waals surface area (Å²) >= 11 is 12.3. The lowest BCUT2D eigenvalue weighted by Gasteiger charge is -2.34. The number of nitrogens with two attached hydrogens (primary N) is 1. The summed E-state index contributed by atoms with van der Waals surface area (Å²) in [7, 11) is 1.59. The van der Waals surface area contributed by atoms with Gasteiger partial charge in [-0.3, -0.25) is 14.5 Å². The largest absolute Gasteiger partial charge is 0.355 e. The first-order chi connectivity index (χ1) is 17.2. The molecule has 2 fully saturated rings. The van der Waals surface area contributed by atoms with Crippen LogP contribution < -0.4 is 16.0 Å². The fraction of sp³-hybridized carbons (Fsp3) is 0.360. The van der Waals surface area contributed by atoms with Gasteiger partial charge in [-0.25, -0.2) is 9.69 Å². The Morgan fingerprint density at radius 2 is 1.86 bits per heavy atom. The van der Waals surface area contributed by atoms with Crippen molar-refractivity contribution < 1.29 is 14.4 Å². The first-order valence-electron chi connectivity index (χ1n) is 11.5. The number of rotatable bonds is 7. The minimum atomic E-state index is -1.27. The maximum Gasteiger partial charge on any atom is 0.332 e. The first-order valence-corrected chi connectivity index (χ1v) is 12.2. The Bertz CT molecular complexity index is 1210. The van der Waals surface area contributed by atoms with Gasteiger partial charge in [-0.1, -0.05) is 35.3 Å². The van der Waals surface area contributed by atoms with Gasteiger partial charge in [0.15, 0.2) is 0 Å². The molecule has 2 aromatic carbocycles. The van der Waals surface area contributed by atoms with Gasteiger partial charge < -0.3 is 16.0 Å². The van der Waals surface area contributed by atoms with Crippen molar-refractivity contribution in [1.82, 2.24) is 15.1 Å². The van der Waals surface area contributed by atoms with E-state index in [0.717, 1.165) is 10.5 Å². The van der Waals surface area contributed by atoms with Crippen LogP contribution in [0.25, 0.3) is 0 Å². The van der Waals surface area contributed by atoms with Crippen molar-refractivity contribution in [1.29, 1.82) is 5.26 Å². The number of amides is 4. The van der Waals surface area contributed by atoms with E-state index in [1.807, 2.05) is 4.90 Å². The fourth-order valence-corrected chi connectivity index (χ4v) is 5.52. The minimum Gasteiger partial charge on any atom is -0.355 e. The van der Waals surface area contributed by atoms with E-state index in [-0.39, 0.29) is 24.7 Å². The Labute approximate surface area is 219 Å². The maximum atomic E-state index is 14.1. The molecular weight excluding hydrogens is 503 g/mol. The maximum absolute atomic E-state index is 14.1. The zero-order valence-electron chi connectivity index (χ0n) is 19.7. The Balaban J connectivity index is 1.72. The zero-order chi connectivity index (χ0) is 26.0. The molecule has 3 N–H and O–H groups in total. The van der Waals surface area contributed by atoms with E-state index in [2.05, 4.69) is 11.4 Å². The average Bonchev–Trinajstić information content (AvgIpc) is 3.30. The molecule has 2 atom stereocenters. The molecule has 0 aliphatic carbocycles. The molecule has 2 saturated heterocycles. The molecule has 2 aliphatic heterocycles. The quantitative estimate of drug-likeness (QED) is 0.420. The smallest absolute Gasteiger partial charge is 0.332 e. The van der Waals surface area contributed by atoms with Crippen molar-refractivity contribution in [3.05, 3.63) is 63.6 Å². The number of imide groups is 1. The van der Waals surface area contributed by atoms with Gasteiger partial charge in [-0.15, -0.1) is 0 Å². The van der Waals surface area contributed by atoms with Gasteiger partial charge in [-0.05, 0) is 48.9 Å². The molecule has 11 heteroatoms. The molecule has 0 radical (unpaired) electrons. The SMILES string of the molecule is CN1C(=O)N(c2cc(Cl)cc(Cl)c2)C(=O)[C@]12CN(CC(=O)NCCCN)C[C@H]2c1ccc(C#N)cc1. The standard InChI is InChI=1S/C25H26Cl2N6O3/c1-31-24(36)33(20-10-18(26)9-19(27)11-20)23(35)25(31)15-32(14-22(34)30-8-2-7-28)13-21(25)17-5-3-16(12-29)4-6-17/h3-6,9-11,21H,2,7-8,13-15,28H2,1H3,(H,30,34)/t21-,25+/m0/s1. The third-order valence-corrected chi connectivity index (χ3v) is 7.19. The molecule has 0 aromatic heterocycles. The van der Waals surface area contributed by atoms with Crippen LogP contribution in [0.4, 0.5) is 10.5 Å². The van der Waals surface area contributed by atoms with Gasteiger partial charge in [0.2, 0.25) is 5.91 Å². The predicted octanol–water partition coefficient (Wildman–Crippen LogP) is 2.57. The van der Waals surface area contributed by atoms with Crippen molar-refractivity contribution in [2.75, 3.05) is 44.7 Å². The summed E-state index contributed by atoms with van der Waals surface area (Å²) in [5.41, 5.74) is 5.80. The monoisotopic (exact) mass is 528 g/mol. The van der Waals surface area contributed by atoms with Crippen LogP contribution in [0.2, 0.25) is 10.0 Å². The summed E-state index contributed by atoms with van der Waals surface area (Å²) in [6, 6.07) is 13.1. The molecule has 9 nitrogen and oxygen atoms in total. The molecule has 0 saturated carbocycles. The number of nitrogens with one attached hydrogen (secondary N) is 1. The van der Waals surface area contributed by atoms with E-state index < -0.39 is 23.4 Å². The average molecular weight is 529 g/mol. The molecule has 4 rings (SSSR count). The van der Waals surface area contributed by atoms with Crippen molar-refractivity contribution in [3.63, 3.8) is 0 Å². The summed E-state index contributed by atoms with van der Waals surface area (Å²) in [5.74, 6) is -1.05. The molecule has 36 heavy (non-hydrogen) atoms. The highest BCUT2D eigenvalue weighted by atomic mass is 35.5. The number of halogens is 2. The van der Waals surface area contributed by atoms with Gasteiger partial charge in [0.05, 0.1) is 23.9 Å². The lowest BCUT2D eigenvalue weighted by molar-refractivity contribution is -0.125. The summed E-state index contributed by atoms with van der Waals surface area (Å²) in [6.45, 7) is 1.53. The molecule has 188 valence electrons. The van der Waals surface area contributed by atoms with Crippen molar-refractivity contribution in [3.8, 4) is 6.07 Å². The molecule has 0 bridgehead atoms. The number of hydrogen-bond donors (Lipinski definition) is 2. The number of carbonyl (C=O) groups excluding carboxylic acids is 3. The van der Waals surface area contributed by atoms with Gasteiger partial charge in [0.25, 0.3) is 5.91 Å². The lowest BCUT2D eigenvalue weighted by Crippen LogP contribution is -2.54. The van der Waals surface area contributed by atoms with Crippen molar-refractivity contribution in [2.45, 2.75) is 17.9 Å². The summed E-state index contributed by atoms with van der Waals surface area (Å²) in [5, 5.41) is 12.6. The van der Waals surface area contributed by atoms with E-state index in [0.29, 0.717) is 41.7 Å². The topological polar surface area (TPSA) is 123 Å². The molecule has 4 amide bonds. The Kier molecular flexibility index (Phi) is 7.52. The number of anilines is 1. The molecule has 2 aromatic rings. The van der Waals surface area contributed by atoms with Crippen LogP contribution in [0.15, 0.2) is 42.5 Å². The van der Waals surface area contributed by atoms with Gasteiger partial charge in [0, 0.05) is 42.6 Å². The minimum absolute atomic E-state index is 0.0669.